The lowest BCUT2D eigenvalue weighted by molar-refractivity contribution is 0.635. The summed E-state index contributed by atoms with van der Waals surface area (Å²) >= 11 is 0. The summed E-state index contributed by atoms with van der Waals surface area (Å²) in [5, 5.41) is 0. The van der Waals surface area contributed by atoms with Crippen molar-refractivity contribution >= 4 is 5.69 Å². The van der Waals surface area contributed by atoms with E-state index in [1.807, 2.05) is 13.0 Å². The van der Waals surface area contributed by atoms with Crippen molar-refractivity contribution in [2.75, 3.05) is 18.5 Å². The minimum absolute atomic E-state index is 0.0933. The first kappa shape index (κ1) is 12.1. The van der Waals surface area contributed by atoms with Crippen LogP contribution in [-0.2, 0) is 0 Å². The first-order valence-corrected chi connectivity index (χ1v) is 5.58. The fraction of sp³-hybridized carbons (Fsp3) is 0.538. The Labute approximate surface area is 93.1 Å². The summed E-state index contributed by atoms with van der Waals surface area (Å²) in [5.41, 5.74) is 8.43. The average Bonchev–Trinajstić information content (AvgIpc) is 2.16. The summed E-state index contributed by atoms with van der Waals surface area (Å²) in [5.74, 6) is 0.663. The van der Waals surface area contributed by atoms with Crippen molar-refractivity contribution in [2.45, 2.75) is 26.8 Å². The van der Waals surface area contributed by atoms with Crippen LogP contribution in [0.2, 0.25) is 0 Å². The van der Waals surface area contributed by atoms with Crippen molar-refractivity contribution in [1.82, 2.24) is 0 Å². The Kier molecular flexibility index (Phi) is 4.15. The van der Waals surface area contributed by atoms with Crippen LogP contribution in [0.15, 0.2) is 24.3 Å². The van der Waals surface area contributed by atoms with Crippen LogP contribution in [0, 0.1) is 5.92 Å². The van der Waals surface area contributed by atoms with Crippen LogP contribution < -0.4 is 10.6 Å². The number of anilines is 1. The van der Waals surface area contributed by atoms with Gasteiger partial charge in [0.1, 0.15) is 0 Å². The number of para-hydroxylation sites is 1. The van der Waals surface area contributed by atoms with Gasteiger partial charge in [0.25, 0.3) is 0 Å². The Balaban J connectivity index is 2.92. The molecule has 1 rings (SSSR count). The van der Waals surface area contributed by atoms with Crippen LogP contribution in [0.3, 0.4) is 0 Å². The molecule has 0 radical (unpaired) electrons. The van der Waals surface area contributed by atoms with E-state index in [0.29, 0.717) is 5.92 Å². The van der Waals surface area contributed by atoms with Gasteiger partial charge >= 0.3 is 0 Å². The molecule has 0 aliphatic heterocycles. The Morgan fingerprint density at radius 1 is 1.20 bits per heavy atom. The number of nitrogens with two attached hydrogens (primary N) is 1. The van der Waals surface area contributed by atoms with Gasteiger partial charge in [-0.15, -0.1) is 0 Å². The van der Waals surface area contributed by atoms with E-state index in [2.05, 4.69) is 44.0 Å². The first-order valence-electron chi connectivity index (χ1n) is 5.58. The average molecular weight is 206 g/mol. The highest BCUT2D eigenvalue weighted by Crippen LogP contribution is 2.24. The van der Waals surface area contributed by atoms with E-state index in [-0.39, 0.29) is 6.04 Å². The zero-order valence-corrected chi connectivity index (χ0v) is 10.2. The molecule has 0 spiro atoms. The lowest BCUT2D eigenvalue weighted by Gasteiger charge is -2.25. The summed E-state index contributed by atoms with van der Waals surface area (Å²) in [7, 11) is 2.13. The lowest BCUT2D eigenvalue weighted by Crippen LogP contribution is -2.24. The molecule has 0 heterocycles. The molecule has 1 aromatic carbocycles. The van der Waals surface area contributed by atoms with Crippen molar-refractivity contribution in [3.63, 3.8) is 0 Å². The number of benzene rings is 1. The number of hydrogen-bond donors (Lipinski definition) is 1. The van der Waals surface area contributed by atoms with Crippen molar-refractivity contribution < 1.29 is 0 Å². The number of nitrogens with zero attached hydrogens (tertiary/aromatic N) is 1. The molecule has 0 fully saturated rings. The summed E-state index contributed by atoms with van der Waals surface area (Å²) in [6.07, 6.45) is 0. The largest absolute Gasteiger partial charge is 0.374 e. The highest BCUT2D eigenvalue weighted by molar-refractivity contribution is 5.54. The Morgan fingerprint density at radius 3 is 2.33 bits per heavy atom. The van der Waals surface area contributed by atoms with Crippen LogP contribution in [-0.4, -0.2) is 13.6 Å². The van der Waals surface area contributed by atoms with Crippen LogP contribution in [0.5, 0.6) is 0 Å². The summed E-state index contributed by atoms with van der Waals surface area (Å²) in [6, 6.07) is 8.46. The smallest absolute Gasteiger partial charge is 0.0412 e. The molecule has 0 aromatic heterocycles. The first-order chi connectivity index (χ1) is 7.02. The molecule has 0 aliphatic rings. The van der Waals surface area contributed by atoms with Gasteiger partial charge in [-0.1, -0.05) is 32.0 Å². The third kappa shape index (κ3) is 3.24. The number of rotatable bonds is 4. The second-order valence-electron chi connectivity index (χ2n) is 4.62. The quantitative estimate of drug-likeness (QED) is 0.820. The summed E-state index contributed by atoms with van der Waals surface area (Å²) in [6.45, 7) is 7.54. The zero-order valence-electron chi connectivity index (χ0n) is 10.2. The van der Waals surface area contributed by atoms with Gasteiger partial charge in [0.05, 0.1) is 0 Å². The van der Waals surface area contributed by atoms with Crippen LogP contribution in [0.4, 0.5) is 5.69 Å². The standard InChI is InChI=1S/C13H22N2/c1-10(2)9-15(4)13-8-6-5-7-12(13)11(3)14/h5-8,10-11H,9,14H2,1-4H3/t11-/m1/s1. The molecular formula is C13H22N2. The Bertz CT molecular complexity index is 305. The summed E-state index contributed by atoms with van der Waals surface area (Å²) in [4.78, 5) is 2.28. The van der Waals surface area contributed by atoms with E-state index in [9.17, 15) is 0 Å². The van der Waals surface area contributed by atoms with E-state index >= 15 is 0 Å². The maximum absolute atomic E-state index is 5.96. The molecule has 0 unspecified atom stereocenters. The minimum Gasteiger partial charge on any atom is -0.374 e. The van der Waals surface area contributed by atoms with Gasteiger partial charge in [-0.05, 0) is 24.5 Å². The highest BCUT2D eigenvalue weighted by Gasteiger charge is 2.10. The highest BCUT2D eigenvalue weighted by atomic mass is 15.1. The van der Waals surface area contributed by atoms with Crippen LogP contribution >= 0.6 is 0 Å². The maximum atomic E-state index is 5.96. The van der Waals surface area contributed by atoms with Crippen molar-refractivity contribution in [3.05, 3.63) is 29.8 Å². The monoisotopic (exact) mass is 206 g/mol. The third-order valence-corrected chi connectivity index (χ3v) is 2.48. The summed E-state index contributed by atoms with van der Waals surface area (Å²) < 4.78 is 0. The molecule has 0 saturated heterocycles. The zero-order chi connectivity index (χ0) is 11.4. The van der Waals surface area contributed by atoms with Gasteiger partial charge in [0.2, 0.25) is 0 Å². The second-order valence-corrected chi connectivity index (χ2v) is 4.62. The van der Waals surface area contributed by atoms with Crippen LogP contribution in [0.1, 0.15) is 32.4 Å². The molecule has 1 atom stereocenters. The van der Waals surface area contributed by atoms with Gasteiger partial charge < -0.3 is 10.6 Å². The van der Waals surface area contributed by atoms with E-state index in [0.717, 1.165) is 6.54 Å². The molecule has 1 aromatic rings. The normalized spacial score (nSPS) is 12.9. The Hall–Kier alpha value is -1.02. The third-order valence-electron chi connectivity index (χ3n) is 2.48. The number of hydrogen-bond acceptors (Lipinski definition) is 2. The van der Waals surface area contributed by atoms with Crippen LogP contribution in [0.25, 0.3) is 0 Å². The molecule has 15 heavy (non-hydrogen) atoms. The van der Waals surface area contributed by atoms with Crippen molar-refractivity contribution in [3.8, 4) is 0 Å². The van der Waals surface area contributed by atoms with Gasteiger partial charge in [-0.2, -0.15) is 0 Å². The molecule has 2 N–H and O–H groups in total. The van der Waals surface area contributed by atoms with E-state index in [4.69, 9.17) is 5.73 Å². The molecule has 0 amide bonds. The molecule has 0 aliphatic carbocycles. The second kappa shape index (κ2) is 5.17. The van der Waals surface area contributed by atoms with Gasteiger partial charge in [-0.25, -0.2) is 0 Å². The van der Waals surface area contributed by atoms with E-state index < -0.39 is 0 Å². The minimum atomic E-state index is 0.0933. The Morgan fingerprint density at radius 2 is 1.80 bits per heavy atom. The lowest BCUT2D eigenvalue weighted by atomic mass is 10.1. The van der Waals surface area contributed by atoms with Gasteiger partial charge in [0, 0.05) is 25.3 Å². The van der Waals surface area contributed by atoms with Crippen molar-refractivity contribution in [1.29, 1.82) is 0 Å². The van der Waals surface area contributed by atoms with Crippen molar-refractivity contribution in [2.24, 2.45) is 11.7 Å². The van der Waals surface area contributed by atoms with Gasteiger partial charge in [0.15, 0.2) is 0 Å². The molecular weight excluding hydrogens is 184 g/mol. The van der Waals surface area contributed by atoms with Gasteiger partial charge in [-0.3, -0.25) is 0 Å². The molecule has 0 bridgehead atoms. The topological polar surface area (TPSA) is 29.3 Å². The fourth-order valence-electron chi connectivity index (χ4n) is 1.87. The molecule has 2 nitrogen and oxygen atoms in total. The fourth-order valence-corrected chi connectivity index (χ4v) is 1.87. The maximum Gasteiger partial charge on any atom is 0.0412 e. The van der Waals surface area contributed by atoms with E-state index in [1.54, 1.807) is 0 Å². The predicted octanol–water partition coefficient (Wildman–Crippen LogP) is 2.80. The molecule has 84 valence electrons. The predicted molar refractivity (Wildman–Crippen MR) is 67.2 cm³/mol. The van der Waals surface area contributed by atoms with E-state index in [1.165, 1.54) is 11.3 Å². The molecule has 2 heteroatoms. The SMILES string of the molecule is CC(C)CN(C)c1ccccc1[C@@H](C)N. The molecule has 0 saturated carbocycles.